The van der Waals surface area contributed by atoms with Gasteiger partial charge in [0.2, 0.25) is 11.8 Å². The van der Waals surface area contributed by atoms with Crippen molar-refractivity contribution in [3.63, 3.8) is 0 Å². The molecule has 0 aromatic heterocycles. The van der Waals surface area contributed by atoms with Gasteiger partial charge in [0.05, 0.1) is 10.6 Å². The van der Waals surface area contributed by atoms with E-state index in [1.165, 1.54) is 17.0 Å². The Kier molecular flexibility index (Phi) is 11.2. The number of benzene rings is 4. The summed E-state index contributed by atoms with van der Waals surface area (Å²) in [5, 5.41) is 3.38. The third-order valence-corrected chi connectivity index (χ3v) is 9.53. The minimum atomic E-state index is -4.20. The highest BCUT2D eigenvalue weighted by Crippen LogP contribution is 2.30. The number of anilines is 1. The monoisotopic (exact) mass is 631 g/mol. The van der Waals surface area contributed by atoms with E-state index in [9.17, 15) is 18.0 Å². The molecular weight excluding hydrogens is 594 g/mol. The Bertz CT molecular complexity index is 1650. The average molecular weight is 632 g/mol. The van der Waals surface area contributed by atoms with Gasteiger partial charge in [0, 0.05) is 24.0 Å². The molecule has 44 heavy (non-hydrogen) atoms. The molecule has 9 heteroatoms. The van der Waals surface area contributed by atoms with Crippen LogP contribution in [0.3, 0.4) is 0 Å². The van der Waals surface area contributed by atoms with E-state index in [-0.39, 0.29) is 35.5 Å². The van der Waals surface area contributed by atoms with E-state index in [2.05, 4.69) is 5.32 Å². The Morgan fingerprint density at radius 3 is 2.00 bits per heavy atom. The smallest absolute Gasteiger partial charge is 0.264 e. The quantitative estimate of drug-likeness (QED) is 0.185. The third kappa shape index (κ3) is 8.27. The highest BCUT2D eigenvalue weighted by atomic mass is 35.5. The molecule has 2 atom stereocenters. The van der Waals surface area contributed by atoms with Gasteiger partial charge >= 0.3 is 0 Å². The lowest BCUT2D eigenvalue weighted by atomic mass is 10.0. The fourth-order valence-electron chi connectivity index (χ4n) is 4.86. The Morgan fingerprint density at radius 1 is 0.841 bits per heavy atom. The predicted octanol–water partition coefficient (Wildman–Crippen LogP) is 6.40. The minimum Gasteiger partial charge on any atom is -0.352 e. The molecule has 4 rings (SSSR count). The van der Waals surface area contributed by atoms with Crippen molar-refractivity contribution in [3.05, 3.63) is 131 Å². The van der Waals surface area contributed by atoms with E-state index < -0.39 is 28.5 Å². The zero-order chi connectivity index (χ0) is 31.7. The van der Waals surface area contributed by atoms with Crippen LogP contribution in [0.25, 0.3) is 0 Å². The summed E-state index contributed by atoms with van der Waals surface area (Å²) in [5.74, 6) is -0.822. The van der Waals surface area contributed by atoms with Gasteiger partial charge in [0.25, 0.3) is 10.0 Å². The summed E-state index contributed by atoms with van der Waals surface area (Å²) in [5.41, 5.74) is 2.61. The minimum absolute atomic E-state index is 0.0390. The molecule has 0 spiro atoms. The van der Waals surface area contributed by atoms with Crippen LogP contribution < -0.4 is 9.62 Å². The molecule has 4 aromatic carbocycles. The number of carbonyl (C=O) groups is 2. The third-order valence-electron chi connectivity index (χ3n) is 7.52. The normalized spacial score (nSPS) is 12.6. The van der Waals surface area contributed by atoms with Crippen LogP contribution in [0.2, 0.25) is 5.02 Å². The molecule has 0 bridgehead atoms. The fourth-order valence-corrected chi connectivity index (χ4v) is 6.52. The summed E-state index contributed by atoms with van der Waals surface area (Å²) in [6.07, 6.45) is 0.969. The second-order valence-electron chi connectivity index (χ2n) is 10.8. The van der Waals surface area contributed by atoms with Gasteiger partial charge < -0.3 is 10.2 Å². The number of sulfonamides is 1. The van der Waals surface area contributed by atoms with E-state index in [1.54, 1.807) is 43.3 Å². The van der Waals surface area contributed by atoms with Gasteiger partial charge in [-0.2, -0.15) is 0 Å². The molecule has 0 aliphatic rings. The highest BCUT2D eigenvalue weighted by Gasteiger charge is 2.35. The van der Waals surface area contributed by atoms with Crippen LogP contribution in [0.1, 0.15) is 37.0 Å². The lowest BCUT2D eigenvalue weighted by Crippen LogP contribution is -2.54. The van der Waals surface area contributed by atoms with Crippen LogP contribution in [0.5, 0.6) is 0 Å². The van der Waals surface area contributed by atoms with Gasteiger partial charge in [-0.1, -0.05) is 103 Å². The van der Waals surface area contributed by atoms with Gasteiger partial charge in [0.15, 0.2) is 0 Å². The number of hydrogen-bond acceptors (Lipinski definition) is 4. The van der Waals surface area contributed by atoms with Crippen molar-refractivity contribution in [1.29, 1.82) is 0 Å². The molecule has 0 fully saturated rings. The molecule has 0 aliphatic heterocycles. The number of rotatable bonds is 13. The molecule has 1 N–H and O–H groups in total. The molecule has 7 nitrogen and oxygen atoms in total. The first kappa shape index (κ1) is 32.8. The number of nitrogens with zero attached hydrogens (tertiary/aromatic N) is 2. The number of aryl methyl sites for hydroxylation is 1. The Balaban J connectivity index is 1.82. The summed E-state index contributed by atoms with van der Waals surface area (Å²) in [6, 6.07) is 30.8. The molecule has 0 aliphatic carbocycles. The molecule has 230 valence electrons. The highest BCUT2D eigenvalue weighted by molar-refractivity contribution is 7.92. The second kappa shape index (κ2) is 15.0. The van der Waals surface area contributed by atoms with E-state index in [1.807, 2.05) is 74.5 Å². The van der Waals surface area contributed by atoms with Gasteiger partial charge in [0.1, 0.15) is 12.6 Å². The van der Waals surface area contributed by atoms with E-state index in [4.69, 9.17) is 11.6 Å². The van der Waals surface area contributed by atoms with Crippen LogP contribution in [-0.2, 0) is 32.6 Å². The van der Waals surface area contributed by atoms with Gasteiger partial charge in [-0.3, -0.25) is 13.9 Å². The largest absolute Gasteiger partial charge is 0.352 e. The lowest BCUT2D eigenvalue weighted by Gasteiger charge is -2.34. The maximum Gasteiger partial charge on any atom is 0.264 e. The van der Waals surface area contributed by atoms with Crippen LogP contribution in [0.15, 0.2) is 114 Å². The van der Waals surface area contributed by atoms with Crippen LogP contribution >= 0.6 is 11.6 Å². The summed E-state index contributed by atoms with van der Waals surface area (Å²) in [6.45, 7) is 5.23. The molecular formula is C35H38ClN3O4S. The molecule has 0 radical (unpaired) electrons. The first-order valence-electron chi connectivity index (χ1n) is 14.6. The molecule has 0 saturated carbocycles. The summed E-state index contributed by atoms with van der Waals surface area (Å²) in [7, 11) is -4.20. The van der Waals surface area contributed by atoms with Crippen LogP contribution in [0.4, 0.5) is 5.69 Å². The summed E-state index contributed by atoms with van der Waals surface area (Å²) >= 11 is 6.34. The van der Waals surface area contributed by atoms with Crippen molar-refractivity contribution < 1.29 is 18.0 Å². The van der Waals surface area contributed by atoms with Crippen molar-refractivity contribution in [2.24, 2.45) is 0 Å². The first-order valence-corrected chi connectivity index (χ1v) is 16.4. The van der Waals surface area contributed by atoms with Crippen LogP contribution in [-0.4, -0.2) is 43.8 Å². The number of amides is 2. The Labute approximate surface area is 265 Å². The number of halogens is 1. The van der Waals surface area contributed by atoms with Crippen molar-refractivity contribution in [2.45, 2.75) is 57.1 Å². The number of carbonyl (C=O) groups excluding carboxylic acids is 2. The van der Waals surface area contributed by atoms with E-state index >= 15 is 0 Å². The van der Waals surface area contributed by atoms with Gasteiger partial charge in [-0.15, -0.1) is 0 Å². The van der Waals surface area contributed by atoms with Crippen molar-refractivity contribution in [3.8, 4) is 0 Å². The maximum absolute atomic E-state index is 14.5. The fraction of sp³-hybridized carbons (Fsp3) is 0.257. The summed E-state index contributed by atoms with van der Waals surface area (Å²) < 4.78 is 29.3. The Hall–Kier alpha value is -4.14. The van der Waals surface area contributed by atoms with E-state index in [0.29, 0.717) is 17.0 Å². The van der Waals surface area contributed by atoms with Gasteiger partial charge in [-0.05, 0) is 61.2 Å². The molecule has 0 saturated heterocycles. The topological polar surface area (TPSA) is 86.8 Å². The molecule has 4 aromatic rings. The molecule has 0 heterocycles. The zero-order valence-corrected chi connectivity index (χ0v) is 26.8. The average Bonchev–Trinajstić information content (AvgIpc) is 3.03. The van der Waals surface area contributed by atoms with Crippen LogP contribution in [0, 0.1) is 6.92 Å². The SMILES string of the molecule is CC[C@@H](C)NC(=O)[C@H](Cc1ccccc1)N(Cc1ccccc1)C(=O)CN(c1cc(Cl)ccc1C)S(=O)(=O)c1ccccc1. The van der Waals surface area contributed by atoms with Crippen molar-refractivity contribution in [2.75, 3.05) is 10.8 Å². The standard InChI is InChI=1S/C35H38ClN3O4S/c1-4-27(3)37-35(41)33(22-28-14-8-5-9-15-28)38(24-29-16-10-6-11-17-29)34(40)25-39(32-23-30(36)21-20-26(32)2)44(42,43)31-18-12-7-13-19-31/h5-21,23,27,33H,4,22,24-25H2,1-3H3,(H,37,41)/t27-,33+/m1/s1. The zero-order valence-electron chi connectivity index (χ0n) is 25.2. The van der Waals surface area contributed by atoms with E-state index in [0.717, 1.165) is 15.4 Å². The second-order valence-corrected chi connectivity index (χ2v) is 13.1. The molecule has 0 unspecified atom stereocenters. The summed E-state index contributed by atoms with van der Waals surface area (Å²) in [4.78, 5) is 29.9. The number of hydrogen-bond donors (Lipinski definition) is 1. The Morgan fingerprint density at radius 2 is 1.41 bits per heavy atom. The van der Waals surface area contributed by atoms with Gasteiger partial charge in [-0.25, -0.2) is 8.42 Å². The first-order chi connectivity index (χ1) is 21.1. The number of nitrogens with one attached hydrogen (secondary N) is 1. The maximum atomic E-state index is 14.5. The van der Waals surface area contributed by atoms with Crippen molar-refractivity contribution in [1.82, 2.24) is 10.2 Å². The molecule has 2 amide bonds. The van der Waals surface area contributed by atoms with Crippen molar-refractivity contribution >= 4 is 39.1 Å². The predicted molar refractivity (Wildman–Crippen MR) is 176 cm³/mol. The lowest BCUT2D eigenvalue weighted by molar-refractivity contribution is -0.140.